The number of aryl methyl sites for hydroxylation is 2. The summed E-state index contributed by atoms with van der Waals surface area (Å²) in [5, 5.41) is 13.6. The number of thiazole rings is 1. The number of amides is 1. The fraction of sp³-hybridized carbons (Fsp3) is 0.375. The Hall–Kier alpha value is -2.53. The topological polar surface area (TPSA) is 111 Å². The molecule has 0 unspecified atom stereocenters. The second-order valence-corrected chi connectivity index (χ2v) is 7.42. The Balaban J connectivity index is 1.58. The first kappa shape index (κ1) is 19.2. The molecule has 0 bridgehead atoms. The van der Waals surface area contributed by atoms with Crippen LogP contribution < -0.4 is 5.32 Å². The van der Waals surface area contributed by atoms with Gasteiger partial charge in [-0.2, -0.15) is 0 Å². The molecule has 1 N–H and O–H groups in total. The van der Waals surface area contributed by atoms with Gasteiger partial charge in [0.15, 0.2) is 10.3 Å². The summed E-state index contributed by atoms with van der Waals surface area (Å²) in [5.74, 6) is 0.112. The van der Waals surface area contributed by atoms with Crippen LogP contribution in [0.25, 0.3) is 5.78 Å². The molecule has 0 fully saturated rings. The molecule has 0 atom stereocenters. The fourth-order valence-electron chi connectivity index (χ4n) is 2.38. The molecule has 3 rings (SSSR count). The molecule has 27 heavy (non-hydrogen) atoms. The lowest BCUT2D eigenvalue weighted by Crippen LogP contribution is -2.14. The minimum Gasteiger partial charge on any atom is -0.466 e. The molecule has 3 aromatic heterocycles. The van der Waals surface area contributed by atoms with Crippen LogP contribution >= 0.6 is 23.1 Å². The van der Waals surface area contributed by atoms with Crippen molar-refractivity contribution in [2.24, 2.45) is 0 Å². The second kappa shape index (κ2) is 8.44. The number of rotatable bonds is 7. The van der Waals surface area contributed by atoms with Gasteiger partial charge in [0.2, 0.25) is 5.91 Å². The Bertz CT molecular complexity index is 984. The standard InChI is InChI=1S/C16H18N6O3S2/c1-4-25-13(24)6-11-7-26-15(18-11)19-12(23)8-27-16-21-20-14-17-9(2)5-10(3)22(14)16/h5,7H,4,6,8H2,1-3H3,(H,18,19,23). The third-order valence-corrected chi connectivity index (χ3v) is 5.16. The van der Waals surface area contributed by atoms with Crippen molar-refractivity contribution in [3.63, 3.8) is 0 Å². The first-order valence-electron chi connectivity index (χ1n) is 8.18. The van der Waals surface area contributed by atoms with Gasteiger partial charge in [0.05, 0.1) is 24.5 Å². The molecule has 0 aliphatic rings. The van der Waals surface area contributed by atoms with E-state index in [0.29, 0.717) is 28.4 Å². The number of nitrogens with zero attached hydrogens (tertiary/aromatic N) is 5. The second-order valence-electron chi connectivity index (χ2n) is 5.62. The van der Waals surface area contributed by atoms with E-state index in [2.05, 4.69) is 25.5 Å². The van der Waals surface area contributed by atoms with Crippen molar-refractivity contribution in [3.05, 3.63) is 28.5 Å². The van der Waals surface area contributed by atoms with Crippen LogP contribution in [0, 0.1) is 13.8 Å². The third kappa shape index (κ3) is 4.80. The van der Waals surface area contributed by atoms with Gasteiger partial charge in [-0.15, -0.1) is 21.5 Å². The molecule has 0 saturated carbocycles. The Morgan fingerprint density at radius 2 is 2.11 bits per heavy atom. The number of hydrogen-bond donors (Lipinski definition) is 1. The summed E-state index contributed by atoms with van der Waals surface area (Å²) in [6.07, 6.45) is 0.0897. The van der Waals surface area contributed by atoms with Crippen LogP contribution in [0.5, 0.6) is 0 Å². The number of carbonyl (C=O) groups is 2. The summed E-state index contributed by atoms with van der Waals surface area (Å²) >= 11 is 2.53. The van der Waals surface area contributed by atoms with Crippen molar-refractivity contribution in [2.75, 3.05) is 17.7 Å². The summed E-state index contributed by atoms with van der Waals surface area (Å²) in [5.41, 5.74) is 2.39. The van der Waals surface area contributed by atoms with Gasteiger partial charge in [-0.1, -0.05) is 11.8 Å². The Labute approximate surface area is 163 Å². The van der Waals surface area contributed by atoms with Gasteiger partial charge < -0.3 is 10.1 Å². The minimum atomic E-state index is -0.339. The van der Waals surface area contributed by atoms with Crippen molar-refractivity contribution in [1.29, 1.82) is 0 Å². The van der Waals surface area contributed by atoms with Crippen molar-refractivity contribution >= 4 is 45.9 Å². The van der Waals surface area contributed by atoms with Gasteiger partial charge in [-0.3, -0.25) is 14.0 Å². The molecule has 3 heterocycles. The number of ether oxygens (including phenoxy) is 1. The van der Waals surface area contributed by atoms with Crippen LogP contribution in [-0.2, 0) is 20.7 Å². The van der Waals surface area contributed by atoms with Crippen LogP contribution in [0.15, 0.2) is 16.6 Å². The van der Waals surface area contributed by atoms with Crippen molar-refractivity contribution in [3.8, 4) is 0 Å². The molecule has 0 spiro atoms. The van der Waals surface area contributed by atoms with E-state index >= 15 is 0 Å². The lowest BCUT2D eigenvalue weighted by atomic mass is 10.3. The predicted octanol–water partition coefficient (Wildman–Crippen LogP) is 2.03. The normalized spacial score (nSPS) is 10.9. The average molecular weight is 406 g/mol. The maximum absolute atomic E-state index is 12.2. The van der Waals surface area contributed by atoms with Gasteiger partial charge in [0.25, 0.3) is 5.78 Å². The van der Waals surface area contributed by atoms with Gasteiger partial charge in [0, 0.05) is 16.8 Å². The highest BCUT2D eigenvalue weighted by Gasteiger charge is 2.14. The molecule has 0 aliphatic carbocycles. The van der Waals surface area contributed by atoms with E-state index in [1.165, 1.54) is 23.1 Å². The quantitative estimate of drug-likeness (QED) is 0.469. The molecule has 0 radical (unpaired) electrons. The van der Waals surface area contributed by atoms with Crippen LogP contribution in [-0.4, -0.2) is 48.8 Å². The number of aromatic nitrogens is 5. The molecule has 0 aliphatic heterocycles. The highest BCUT2D eigenvalue weighted by atomic mass is 32.2. The molecule has 1 amide bonds. The first-order valence-corrected chi connectivity index (χ1v) is 10.0. The van der Waals surface area contributed by atoms with Crippen LogP contribution in [0.3, 0.4) is 0 Å². The average Bonchev–Trinajstić information content (AvgIpc) is 3.20. The van der Waals surface area contributed by atoms with E-state index in [9.17, 15) is 9.59 Å². The number of fused-ring (bicyclic) bond motifs is 1. The van der Waals surface area contributed by atoms with Crippen molar-refractivity contribution in [2.45, 2.75) is 32.3 Å². The Kier molecular flexibility index (Phi) is 6.01. The molecular weight excluding hydrogens is 388 g/mol. The number of hydrogen-bond acceptors (Lipinski definition) is 9. The summed E-state index contributed by atoms with van der Waals surface area (Å²) in [6, 6.07) is 1.93. The van der Waals surface area contributed by atoms with E-state index in [-0.39, 0.29) is 24.1 Å². The zero-order valence-corrected chi connectivity index (χ0v) is 16.7. The molecule has 11 heteroatoms. The van der Waals surface area contributed by atoms with Crippen LogP contribution in [0.2, 0.25) is 0 Å². The zero-order chi connectivity index (χ0) is 19.4. The number of anilines is 1. The summed E-state index contributed by atoms with van der Waals surface area (Å²) < 4.78 is 6.69. The van der Waals surface area contributed by atoms with E-state index < -0.39 is 0 Å². The van der Waals surface area contributed by atoms with E-state index in [4.69, 9.17) is 4.74 Å². The van der Waals surface area contributed by atoms with E-state index in [0.717, 1.165) is 11.4 Å². The summed E-state index contributed by atoms with van der Waals surface area (Å²) in [6.45, 7) is 5.91. The fourth-order valence-corrected chi connectivity index (χ4v) is 3.90. The third-order valence-electron chi connectivity index (χ3n) is 3.42. The largest absolute Gasteiger partial charge is 0.466 e. The van der Waals surface area contributed by atoms with Gasteiger partial charge >= 0.3 is 5.97 Å². The maximum atomic E-state index is 12.2. The Morgan fingerprint density at radius 3 is 2.89 bits per heavy atom. The number of thioether (sulfide) groups is 1. The summed E-state index contributed by atoms with van der Waals surface area (Å²) in [7, 11) is 0. The van der Waals surface area contributed by atoms with Crippen molar-refractivity contribution < 1.29 is 14.3 Å². The molecule has 142 valence electrons. The lowest BCUT2D eigenvalue weighted by molar-refractivity contribution is -0.142. The maximum Gasteiger partial charge on any atom is 0.311 e. The Morgan fingerprint density at radius 1 is 1.30 bits per heavy atom. The SMILES string of the molecule is CCOC(=O)Cc1csc(NC(=O)CSc2nnc3nc(C)cc(C)n23)n1. The highest BCUT2D eigenvalue weighted by molar-refractivity contribution is 7.99. The number of esters is 1. The van der Waals surface area contributed by atoms with Crippen LogP contribution in [0.4, 0.5) is 5.13 Å². The van der Waals surface area contributed by atoms with Gasteiger partial charge in [-0.25, -0.2) is 9.97 Å². The first-order chi connectivity index (χ1) is 13.0. The van der Waals surface area contributed by atoms with Gasteiger partial charge in [0.1, 0.15) is 0 Å². The molecule has 0 saturated heterocycles. The zero-order valence-electron chi connectivity index (χ0n) is 15.1. The monoisotopic (exact) mass is 406 g/mol. The number of nitrogens with one attached hydrogen (secondary N) is 1. The highest BCUT2D eigenvalue weighted by Crippen LogP contribution is 2.20. The van der Waals surface area contributed by atoms with Gasteiger partial charge in [-0.05, 0) is 26.8 Å². The molecular formula is C16H18N6O3S2. The van der Waals surface area contributed by atoms with Crippen molar-refractivity contribution in [1.82, 2.24) is 24.6 Å². The summed E-state index contributed by atoms with van der Waals surface area (Å²) in [4.78, 5) is 32.2. The molecule has 9 nitrogen and oxygen atoms in total. The molecule has 3 aromatic rings. The number of carbonyl (C=O) groups excluding carboxylic acids is 2. The van der Waals surface area contributed by atoms with E-state index in [1.54, 1.807) is 12.3 Å². The van der Waals surface area contributed by atoms with Crippen LogP contribution in [0.1, 0.15) is 24.0 Å². The molecule has 0 aromatic carbocycles. The minimum absolute atomic E-state index is 0.0897. The van der Waals surface area contributed by atoms with E-state index in [1.807, 2.05) is 24.3 Å². The lowest BCUT2D eigenvalue weighted by Gasteiger charge is -2.04. The smallest absolute Gasteiger partial charge is 0.311 e. The predicted molar refractivity (Wildman–Crippen MR) is 102 cm³/mol.